The van der Waals surface area contributed by atoms with E-state index in [0.29, 0.717) is 5.56 Å². The van der Waals surface area contributed by atoms with Crippen molar-refractivity contribution < 1.29 is 13.3 Å². The molecule has 0 unspecified atom stereocenters. The molecule has 5 heteroatoms. The van der Waals surface area contributed by atoms with Crippen molar-refractivity contribution >= 4 is 5.88 Å². The van der Waals surface area contributed by atoms with Gasteiger partial charge in [0.15, 0.2) is 0 Å². The average molecular weight is 196 g/mol. The molecule has 0 spiro atoms. The molecule has 1 heterocycles. The van der Waals surface area contributed by atoms with Crippen LogP contribution in [0.2, 0.25) is 0 Å². The third-order valence-corrected chi connectivity index (χ3v) is 1.82. The minimum atomic E-state index is -0.695. The Kier molecular flexibility index (Phi) is 1.92. The Morgan fingerprint density at radius 1 is 1.21 bits per heavy atom. The molecule has 0 atom stereocenters. The first-order valence-corrected chi connectivity index (χ1v) is 3.84. The summed E-state index contributed by atoms with van der Waals surface area (Å²) in [6.07, 6.45) is 1.28. The lowest BCUT2D eigenvalue weighted by atomic mass is 10.1. The van der Waals surface area contributed by atoms with E-state index in [1.165, 1.54) is 12.3 Å². The Bertz CT molecular complexity index is 468. The SMILES string of the molecule is Nc1oncc1-c1ccc(F)cc1F. The molecule has 0 saturated heterocycles. The Morgan fingerprint density at radius 2 is 2.00 bits per heavy atom. The van der Waals surface area contributed by atoms with Crippen LogP contribution in [0.15, 0.2) is 28.9 Å². The Labute approximate surface area is 78.1 Å². The Morgan fingerprint density at radius 3 is 2.57 bits per heavy atom. The second-order valence-corrected chi connectivity index (χ2v) is 2.73. The lowest BCUT2D eigenvalue weighted by Crippen LogP contribution is -1.89. The van der Waals surface area contributed by atoms with Crippen molar-refractivity contribution in [3.8, 4) is 11.1 Å². The van der Waals surface area contributed by atoms with Crippen molar-refractivity contribution in [1.29, 1.82) is 0 Å². The Balaban J connectivity index is 2.58. The van der Waals surface area contributed by atoms with Crippen molar-refractivity contribution in [2.45, 2.75) is 0 Å². The summed E-state index contributed by atoms with van der Waals surface area (Å²) in [6.45, 7) is 0. The van der Waals surface area contributed by atoms with Gasteiger partial charge in [0.05, 0.1) is 11.8 Å². The van der Waals surface area contributed by atoms with E-state index < -0.39 is 11.6 Å². The summed E-state index contributed by atoms with van der Waals surface area (Å²) in [4.78, 5) is 0. The first-order chi connectivity index (χ1) is 6.68. The predicted octanol–water partition coefficient (Wildman–Crippen LogP) is 2.20. The standard InChI is InChI=1S/C9H6F2N2O/c10-5-1-2-6(8(11)3-5)7-4-13-14-9(7)12/h1-4H,12H2. The second kappa shape index (κ2) is 3.10. The summed E-state index contributed by atoms with van der Waals surface area (Å²) in [5.41, 5.74) is 5.88. The number of rotatable bonds is 1. The monoisotopic (exact) mass is 196 g/mol. The van der Waals surface area contributed by atoms with Crippen LogP contribution in [0.5, 0.6) is 0 Å². The molecule has 72 valence electrons. The third kappa shape index (κ3) is 1.32. The van der Waals surface area contributed by atoms with Crippen molar-refractivity contribution in [2.24, 2.45) is 0 Å². The average Bonchev–Trinajstić information content (AvgIpc) is 2.52. The zero-order valence-electron chi connectivity index (χ0n) is 7.00. The zero-order valence-corrected chi connectivity index (χ0v) is 7.00. The summed E-state index contributed by atoms with van der Waals surface area (Å²) in [6, 6.07) is 3.21. The van der Waals surface area contributed by atoms with Gasteiger partial charge in [-0.2, -0.15) is 0 Å². The molecule has 0 radical (unpaired) electrons. The molecule has 0 aliphatic rings. The largest absolute Gasteiger partial charge is 0.367 e. The van der Waals surface area contributed by atoms with E-state index in [-0.39, 0.29) is 11.4 Å². The van der Waals surface area contributed by atoms with Crippen LogP contribution in [0.25, 0.3) is 11.1 Å². The van der Waals surface area contributed by atoms with E-state index in [2.05, 4.69) is 9.68 Å². The van der Waals surface area contributed by atoms with E-state index in [1.807, 2.05) is 0 Å². The molecule has 2 aromatic rings. The maximum absolute atomic E-state index is 13.2. The fourth-order valence-electron chi connectivity index (χ4n) is 1.16. The third-order valence-electron chi connectivity index (χ3n) is 1.82. The quantitative estimate of drug-likeness (QED) is 0.760. The fraction of sp³-hybridized carbons (Fsp3) is 0. The smallest absolute Gasteiger partial charge is 0.230 e. The predicted molar refractivity (Wildman–Crippen MR) is 46.3 cm³/mol. The molecule has 0 fully saturated rings. The van der Waals surface area contributed by atoms with Gasteiger partial charge in [0.25, 0.3) is 0 Å². The van der Waals surface area contributed by atoms with Crippen LogP contribution in [0.1, 0.15) is 0 Å². The zero-order chi connectivity index (χ0) is 10.1. The van der Waals surface area contributed by atoms with Crippen LogP contribution in [0.4, 0.5) is 14.7 Å². The van der Waals surface area contributed by atoms with E-state index in [9.17, 15) is 8.78 Å². The molecular formula is C9H6F2N2O. The van der Waals surface area contributed by atoms with Gasteiger partial charge in [-0.3, -0.25) is 0 Å². The van der Waals surface area contributed by atoms with Crippen LogP contribution in [-0.2, 0) is 0 Å². The minimum Gasteiger partial charge on any atom is -0.367 e. The number of hydrogen-bond acceptors (Lipinski definition) is 3. The van der Waals surface area contributed by atoms with Crippen molar-refractivity contribution in [3.63, 3.8) is 0 Å². The lowest BCUT2D eigenvalue weighted by molar-refractivity contribution is 0.436. The highest BCUT2D eigenvalue weighted by Gasteiger charge is 2.12. The molecule has 0 bridgehead atoms. The molecule has 3 nitrogen and oxygen atoms in total. The molecule has 0 aliphatic carbocycles. The fourth-order valence-corrected chi connectivity index (χ4v) is 1.16. The van der Waals surface area contributed by atoms with Crippen molar-refractivity contribution in [3.05, 3.63) is 36.0 Å². The van der Waals surface area contributed by atoms with E-state index in [1.54, 1.807) is 0 Å². The highest BCUT2D eigenvalue weighted by atomic mass is 19.1. The molecule has 0 aliphatic heterocycles. The number of nitrogen functional groups attached to an aromatic ring is 1. The summed E-state index contributed by atoms with van der Waals surface area (Å²) in [7, 11) is 0. The number of benzene rings is 1. The molecule has 0 saturated carbocycles. The second-order valence-electron chi connectivity index (χ2n) is 2.73. The van der Waals surface area contributed by atoms with E-state index in [4.69, 9.17) is 5.73 Å². The summed E-state index contributed by atoms with van der Waals surface area (Å²) < 4.78 is 30.4. The van der Waals surface area contributed by atoms with Gasteiger partial charge in [-0.1, -0.05) is 5.16 Å². The molecule has 14 heavy (non-hydrogen) atoms. The van der Waals surface area contributed by atoms with Crippen LogP contribution in [0.3, 0.4) is 0 Å². The van der Waals surface area contributed by atoms with Gasteiger partial charge >= 0.3 is 0 Å². The van der Waals surface area contributed by atoms with Gasteiger partial charge in [0.1, 0.15) is 11.6 Å². The summed E-state index contributed by atoms with van der Waals surface area (Å²) >= 11 is 0. The van der Waals surface area contributed by atoms with Gasteiger partial charge < -0.3 is 10.3 Å². The number of aromatic nitrogens is 1. The topological polar surface area (TPSA) is 52.0 Å². The molecular weight excluding hydrogens is 190 g/mol. The van der Waals surface area contributed by atoms with E-state index in [0.717, 1.165) is 12.1 Å². The number of halogens is 2. The normalized spacial score (nSPS) is 10.4. The minimum absolute atomic E-state index is 0.00973. The van der Waals surface area contributed by atoms with Crippen LogP contribution >= 0.6 is 0 Å². The van der Waals surface area contributed by atoms with Crippen LogP contribution < -0.4 is 5.73 Å². The maximum atomic E-state index is 13.2. The van der Waals surface area contributed by atoms with E-state index >= 15 is 0 Å². The lowest BCUT2D eigenvalue weighted by Gasteiger charge is -1.99. The highest BCUT2D eigenvalue weighted by molar-refractivity contribution is 5.72. The molecule has 0 amide bonds. The van der Waals surface area contributed by atoms with Crippen molar-refractivity contribution in [2.75, 3.05) is 5.73 Å². The number of nitrogens with two attached hydrogens (primary N) is 1. The first kappa shape index (κ1) is 8.68. The van der Waals surface area contributed by atoms with Gasteiger partial charge in [0.2, 0.25) is 5.88 Å². The van der Waals surface area contributed by atoms with Gasteiger partial charge in [-0.25, -0.2) is 8.78 Å². The number of anilines is 1. The van der Waals surface area contributed by atoms with Gasteiger partial charge in [-0.15, -0.1) is 0 Å². The number of nitrogens with zero attached hydrogens (tertiary/aromatic N) is 1. The first-order valence-electron chi connectivity index (χ1n) is 3.84. The number of hydrogen-bond donors (Lipinski definition) is 1. The maximum Gasteiger partial charge on any atom is 0.230 e. The molecule has 1 aromatic carbocycles. The van der Waals surface area contributed by atoms with Crippen LogP contribution in [0, 0.1) is 11.6 Å². The molecule has 2 N–H and O–H groups in total. The van der Waals surface area contributed by atoms with Crippen molar-refractivity contribution in [1.82, 2.24) is 5.16 Å². The summed E-state index contributed by atoms with van der Waals surface area (Å²) in [5.74, 6) is -1.32. The molecule has 2 rings (SSSR count). The summed E-state index contributed by atoms with van der Waals surface area (Å²) in [5, 5.41) is 3.40. The van der Waals surface area contributed by atoms with Gasteiger partial charge in [0, 0.05) is 11.6 Å². The highest BCUT2D eigenvalue weighted by Crippen LogP contribution is 2.27. The Hall–Kier alpha value is -1.91. The van der Waals surface area contributed by atoms with Gasteiger partial charge in [-0.05, 0) is 12.1 Å². The van der Waals surface area contributed by atoms with Crippen LogP contribution in [-0.4, -0.2) is 5.16 Å². The molecule has 1 aromatic heterocycles.